The topological polar surface area (TPSA) is 134 Å². The third-order valence-electron chi connectivity index (χ3n) is 7.10. The van der Waals surface area contributed by atoms with Crippen molar-refractivity contribution < 1.29 is 39.5 Å². The molecule has 0 bridgehead atoms. The van der Waals surface area contributed by atoms with Crippen LogP contribution in [0, 0.1) is 17.8 Å². The van der Waals surface area contributed by atoms with Gasteiger partial charge in [-0.05, 0) is 74.8 Å². The zero-order valence-electron chi connectivity index (χ0n) is 21.4. The van der Waals surface area contributed by atoms with Gasteiger partial charge in [-0.3, -0.25) is 4.79 Å². The van der Waals surface area contributed by atoms with Gasteiger partial charge in [-0.1, -0.05) is 36.8 Å². The molecule has 0 amide bonds. The van der Waals surface area contributed by atoms with Crippen molar-refractivity contribution in [3.63, 3.8) is 0 Å². The van der Waals surface area contributed by atoms with Crippen molar-refractivity contribution in [1.29, 1.82) is 0 Å². The molecule has 204 valence electrons. The van der Waals surface area contributed by atoms with Gasteiger partial charge in [-0.15, -0.1) is 0 Å². The number of carbonyl (C=O) groups is 2. The Bertz CT molecular complexity index is 1000. The number of aliphatic hydroxyl groups is 3. The van der Waals surface area contributed by atoms with Crippen LogP contribution >= 0.6 is 11.6 Å². The van der Waals surface area contributed by atoms with E-state index in [0.717, 1.165) is 5.57 Å². The number of carbonyl (C=O) groups excluding carboxylic acids is 1. The smallest absolute Gasteiger partial charge is 0.350 e. The number of carboxylic acid groups (broad SMARTS) is 1. The van der Waals surface area contributed by atoms with Gasteiger partial charge in [0.1, 0.15) is 11.9 Å². The van der Waals surface area contributed by atoms with Crippen molar-refractivity contribution in [2.75, 3.05) is 0 Å². The fourth-order valence-electron chi connectivity index (χ4n) is 5.21. The summed E-state index contributed by atoms with van der Waals surface area (Å²) in [5.41, 5.74) is -0.404. The molecule has 3 rings (SSSR count). The minimum absolute atomic E-state index is 0.00751. The summed E-state index contributed by atoms with van der Waals surface area (Å²) < 4.78 is 11.9. The number of esters is 1. The molecule has 0 spiro atoms. The molecule has 0 saturated heterocycles. The molecule has 0 radical (unpaired) electrons. The largest absolute Gasteiger partial charge is 0.481 e. The number of fused-ring (bicyclic) bond motifs is 1. The maximum atomic E-state index is 13.2. The van der Waals surface area contributed by atoms with E-state index in [2.05, 4.69) is 6.92 Å². The Balaban J connectivity index is 1.71. The van der Waals surface area contributed by atoms with Crippen LogP contribution in [-0.2, 0) is 14.3 Å². The summed E-state index contributed by atoms with van der Waals surface area (Å²) in [4.78, 5) is 24.0. The van der Waals surface area contributed by atoms with Gasteiger partial charge in [0.15, 0.2) is 5.60 Å². The van der Waals surface area contributed by atoms with E-state index in [1.54, 1.807) is 44.2 Å². The molecule has 2 aliphatic rings. The lowest BCUT2D eigenvalue weighted by Crippen LogP contribution is -2.47. The van der Waals surface area contributed by atoms with Gasteiger partial charge in [0.25, 0.3) is 0 Å². The predicted octanol–water partition coefficient (Wildman–Crippen LogP) is 3.91. The number of hydrogen-bond donors (Lipinski definition) is 4. The number of hydrogen-bond acceptors (Lipinski definition) is 7. The molecule has 0 aliphatic heterocycles. The Morgan fingerprint density at radius 2 is 1.84 bits per heavy atom. The quantitative estimate of drug-likeness (QED) is 0.313. The average Bonchev–Trinajstić information content (AvgIpc) is 2.79. The first-order valence-electron chi connectivity index (χ1n) is 12.7. The maximum Gasteiger partial charge on any atom is 0.350 e. The van der Waals surface area contributed by atoms with Crippen LogP contribution in [0.1, 0.15) is 52.9 Å². The first kappa shape index (κ1) is 29.2. The molecule has 0 aromatic heterocycles. The average molecular weight is 537 g/mol. The third kappa shape index (κ3) is 8.04. The lowest BCUT2D eigenvalue weighted by atomic mass is 9.66. The van der Waals surface area contributed by atoms with E-state index in [4.69, 9.17) is 26.2 Å². The number of aliphatic carboxylic acids is 1. The number of rotatable bonds is 11. The first-order valence-corrected chi connectivity index (χ1v) is 13.0. The van der Waals surface area contributed by atoms with Crippen molar-refractivity contribution in [3.05, 3.63) is 53.1 Å². The second-order valence-corrected chi connectivity index (χ2v) is 11.0. The minimum atomic E-state index is -1.29. The van der Waals surface area contributed by atoms with Crippen LogP contribution in [0.25, 0.3) is 0 Å². The van der Waals surface area contributed by atoms with E-state index in [-0.39, 0.29) is 30.6 Å². The van der Waals surface area contributed by atoms with E-state index in [1.165, 1.54) is 0 Å². The number of benzene rings is 1. The molecule has 8 nitrogen and oxygen atoms in total. The van der Waals surface area contributed by atoms with E-state index < -0.39 is 48.4 Å². The summed E-state index contributed by atoms with van der Waals surface area (Å²) in [5.74, 6) is -1.26. The number of aliphatic hydroxyl groups excluding tert-OH is 3. The van der Waals surface area contributed by atoms with E-state index >= 15 is 0 Å². The molecular formula is C28H37ClO8. The summed E-state index contributed by atoms with van der Waals surface area (Å²) in [6, 6.07) is 6.68. The van der Waals surface area contributed by atoms with Gasteiger partial charge in [0.2, 0.25) is 0 Å². The fourth-order valence-corrected chi connectivity index (χ4v) is 5.33. The van der Waals surface area contributed by atoms with Crippen LogP contribution < -0.4 is 4.74 Å². The second kappa shape index (κ2) is 12.4. The molecule has 0 fully saturated rings. The van der Waals surface area contributed by atoms with Gasteiger partial charge < -0.3 is 29.9 Å². The van der Waals surface area contributed by atoms with Crippen molar-refractivity contribution in [2.45, 2.75) is 82.9 Å². The highest BCUT2D eigenvalue weighted by molar-refractivity contribution is 6.30. The second-order valence-electron chi connectivity index (χ2n) is 10.6. The van der Waals surface area contributed by atoms with Crippen molar-refractivity contribution in [1.82, 2.24) is 0 Å². The maximum absolute atomic E-state index is 13.2. The monoisotopic (exact) mass is 536 g/mol. The Hall–Kier alpha value is -2.39. The highest BCUT2D eigenvalue weighted by Crippen LogP contribution is 2.44. The number of halogens is 1. The van der Waals surface area contributed by atoms with Crippen LogP contribution in [0.5, 0.6) is 5.75 Å². The van der Waals surface area contributed by atoms with Gasteiger partial charge in [-0.2, -0.15) is 0 Å². The molecule has 1 aromatic rings. The van der Waals surface area contributed by atoms with Crippen LogP contribution in [0.15, 0.2) is 48.1 Å². The summed E-state index contributed by atoms with van der Waals surface area (Å²) in [5, 5.41) is 40.2. The molecule has 4 N–H and O–H groups in total. The Morgan fingerprint density at radius 3 is 2.49 bits per heavy atom. The lowest BCUT2D eigenvalue weighted by Gasteiger charge is -2.43. The first-order chi connectivity index (χ1) is 17.4. The predicted molar refractivity (Wildman–Crippen MR) is 138 cm³/mol. The van der Waals surface area contributed by atoms with E-state index in [0.29, 0.717) is 23.6 Å². The van der Waals surface area contributed by atoms with Gasteiger partial charge >= 0.3 is 11.9 Å². The van der Waals surface area contributed by atoms with E-state index in [9.17, 15) is 24.9 Å². The molecule has 0 saturated carbocycles. The van der Waals surface area contributed by atoms with Crippen LogP contribution in [0.4, 0.5) is 0 Å². The summed E-state index contributed by atoms with van der Waals surface area (Å²) in [6.07, 6.45) is 3.18. The third-order valence-corrected chi connectivity index (χ3v) is 7.35. The molecular weight excluding hydrogens is 500 g/mol. The van der Waals surface area contributed by atoms with Crippen LogP contribution in [-0.4, -0.2) is 62.4 Å². The normalized spacial score (nSPS) is 27.0. The highest BCUT2D eigenvalue weighted by atomic mass is 35.5. The lowest BCUT2D eigenvalue weighted by molar-refractivity contribution is -0.170. The number of carboxylic acids is 1. The SMILES string of the molecule is C[C@H]1C=CC2=C[C@@H](O)C[C@H](OC(=O)C(C)(C)Oc3ccc(Cl)cc3)[C@@H]2[C@H]1CC[C@@H](O)C[C@@H](O)CC(=O)O. The molecule has 0 unspecified atom stereocenters. The highest BCUT2D eigenvalue weighted by Gasteiger charge is 2.44. The van der Waals surface area contributed by atoms with Gasteiger partial charge in [0.05, 0.1) is 24.7 Å². The van der Waals surface area contributed by atoms with Crippen LogP contribution in [0.3, 0.4) is 0 Å². The van der Waals surface area contributed by atoms with Crippen molar-refractivity contribution in [3.8, 4) is 5.75 Å². The summed E-state index contributed by atoms with van der Waals surface area (Å²) in [6.45, 7) is 5.31. The zero-order valence-corrected chi connectivity index (χ0v) is 22.2. The molecule has 2 aliphatic carbocycles. The fraction of sp³-hybridized carbons (Fsp3) is 0.571. The molecule has 7 atom stereocenters. The van der Waals surface area contributed by atoms with Crippen LogP contribution in [0.2, 0.25) is 5.02 Å². The molecule has 37 heavy (non-hydrogen) atoms. The minimum Gasteiger partial charge on any atom is -0.481 e. The Morgan fingerprint density at radius 1 is 1.16 bits per heavy atom. The van der Waals surface area contributed by atoms with Crippen molar-refractivity contribution in [2.24, 2.45) is 17.8 Å². The molecule has 1 aromatic carbocycles. The van der Waals surface area contributed by atoms with Crippen molar-refractivity contribution >= 4 is 23.5 Å². The summed E-state index contributed by atoms with van der Waals surface area (Å²) >= 11 is 5.93. The molecule has 9 heteroatoms. The van der Waals surface area contributed by atoms with Gasteiger partial charge in [0, 0.05) is 17.4 Å². The molecule has 0 heterocycles. The summed E-state index contributed by atoms with van der Waals surface area (Å²) in [7, 11) is 0. The zero-order chi connectivity index (χ0) is 27.3. The Labute approximate surface area is 222 Å². The Kier molecular flexibility index (Phi) is 9.80. The van der Waals surface area contributed by atoms with Gasteiger partial charge in [-0.25, -0.2) is 4.79 Å². The number of allylic oxidation sites excluding steroid dienone is 2. The standard InChI is InChI=1S/C28H37ClO8/c1-16-4-5-17-12-20(31)14-24(26(17)23(16)11-8-19(30)13-21(32)15-25(33)34)36-27(35)28(2,3)37-22-9-6-18(29)7-10-22/h4-7,9-10,12,16,19-21,23-24,26,30-32H,8,11,13-15H2,1-3H3,(H,33,34)/t16-,19+,20+,21+,23-,24-,26-/m0/s1. The van der Waals surface area contributed by atoms with E-state index in [1.807, 2.05) is 12.2 Å². The number of ether oxygens (including phenoxy) is 2.